The number of carbonyl (C=O) groups excluding carboxylic acids is 3. The molecule has 10 nitrogen and oxygen atoms in total. The zero-order valence-electron chi connectivity index (χ0n) is 12.4. The maximum Gasteiger partial charge on any atom is 0.293 e. The first-order valence-electron chi connectivity index (χ1n) is 7.11. The number of fused-ring (bicyclic) bond motifs is 1. The molecule has 0 atom stereocenters. The van der Waals surface area contributed by atoms with Crippen LogP contribution < -0.4 is 10.0 Å². The average Bonchev–Trinajstić information content (AvgIpc) is 2.79. The van der Waals surface area contributed by atoms with Gasteiger partial charge in [-0.2, -0.15) is 0 Å². The van der Waals surface area contributed by atoms with E-state index in [9.17, 15) is 29.6 Å². The van der Waals surface area contributed by atoms with Gasteiger partial charge in [-0.25, -0.2) is 0 Å². The second-order valence-corrected chi connectivity index (χ2v) is 5.31. The van der Waals surface area contributed by atoms with Crippen LogP contribution in [-0.4, -0.2) is 60.5 Å². The van der Waals surface area contributed by atoms with Gasteiger partial charge in [-0.05, 0) is 6.07 Å². The van der Waals surface area contributed by atoms with E-state index in [2.05, 4.69) is 0 Å². The Balaban J connectivity index is 2.07. The van der Waals surface area contributed by atoms with Crippen molar-refractivity contribution in [1.29, 1.82) is 0 Å². The Kier molecular flexibility index (Phi) is 3.89. The lowest BCUT2D eigenvalue weighted by molar-refractivity contribution is -0.384. The number of amides is 2. The smallest absolute Gasteiger partial charge is 0.293 e. The summed E-state index contributed by atoms with van der Waals surface area (Å²) in [5.41, 5.74) is -0.330. The highest BCUT2D eigenvalue weighted by Crippen LogP contribution is 2.35. The number of nitro groups is 1. The number of imide groups is 1. The maximum atomic E-state index is 12.3. The first-order valence-corrected chi connectivity index (χ1v) is 7.11. The summed E-state index contributed by atoms with van der Waals surface area (Å²) in [5, 5.41) is 22.0. The summed E-state index contributed by atoms with van der Waals surface area (Å²) in [6.45, 7) is 0.692. The first-order chi connectivity index (χ1) is 11.4. The Labute approximate surface area is 135 Å². The fourth-order valence-corrected chi connectivity index (χ4v) is 2.79. The highest BCUT2D eigenvalue weighted by Gasteiger charge is 2.39. The lowest BCUT2D eigenvalue weighted by Gasteiger charge is -2.28. The number of nitrogens with zero attached hydrogens (tertiary/aromatic N) is 3. The fourth-order valence-electron chi connectivity index (χ4n) is 2.79. The molecule has 1 saturated heterocycles. The van der Waals surface area contributed by atoms with Crippen LogP contribution in [0.1, 0.15) is 20.7 Å². The number of morpholine rings is 1. The lowest BCUT2D eigenvalue weighted by Crippen LogP contribution is -2.41. The molecule has 2 aliphatic heterocycles. The van der Waals surface area contributed by atoms with Gasteiger partial charge >= 0.3 is 0 Å². The van der Waals surface area contributed by atoms with Crippen LogP contribution in [0.5, 0.6) is 0 Å². The number of nitro benzene ring substituents is 1. The van der Waals surface area contributed by atoms with Crippen LogP contribution in [0.4, 0.5) is 11.4 Å². The Morgan fingerprint density at radius 3 is 2.29 bits per heavy atom. The second kappa shape index (κ2) is 5.89. The van der Waals surface area contributed by atoms with Gasteiger partial charge in [0.05, 0.1) is 41.8 Å². The van der Waals surface area contributed by atoms with E-state index >= 15 is 0 Å². The van der Waals surface area contributed by atoms with E-state index in [4.69, 9.17) is 4.74 Å². The van der Waals surface area contributed by atoms with Gasteiger partial charge in [-0.15, -0.1) is 0 Å². The second-order valence-electron chi connectivity index (χ2n) is 5.31. The molecule has 2 amide bonds. The van der Waals surface area contributed by atoms with Crippen molar-refractivity contribution in [2.75, 3.05) is 37.7 Å². The number of hydrogen-bond donors (Lipinski definition) is 0. The predicted molar refractivity (Wildman–Crippen MR) is 76.5 cm³/mol. The third kappa shape index (κ3) is 2.56. The van der Waals surface area contributed by atoms with Gasteiger partial charge in [0.25, 0.3) is 17.5 Å². The van der Waals surface area contributed by atoms with E-state index in [1.165, 1.54) is 6.07 Å². The number of rotatable bonds is 4. The normalized spacial score (nSPS) is 17.2. The molecule has 1 aromatic carbocycles. The largest absolute Gasteiger partial charge is 0.548 e. The SMILES string of the molecule is O=C([O-])CN1C(=O)c2cc(N3CCOCC3)c([N+](=O)[O-])cc2C1=O. The summed E-state index contributed by atoms with van der Waals surface area (Å²) in [4.78, 5) is 48.0. The molecule has 1 aromatic rings. The van der Waals surface area contributed by atoms with Crippen molar-refractivity contribution < 1.29 is 29.2 Å². The first kappa shape index (κ1) is 15.9. The van der Waals surface area contributed by atoms with Crippen LogP contribution in [0, 0.1) is 10.1 Å². The summed E-state index contributed by atoms with van der Waals surface area (Å²) in [6.07, 6.45) is 0. The molecule has 10 heteroatoms. The standard InChI is InChI=1S/C14H13N3O7/c18-12(19)7-16-13(20)8-5-10(15-1-3-24-4-2-15)11(17(22)23)6-9(8)14(16)21/h5-6H,1-4,7H2,(H,18,19)/p-1. The molecule has 0 N–H and O–H groups in total. The van der Waals surface area contributed by atoms with Gasteiger partial charge < -0.3 is 19.5 Å². The molecular formula is C14H12N3O7-. The molecule has 3 rings (SSSR count). The Morgan fingerprint density at radius 1 is 1.17 bits per heavy atom. The molecule has 24 heavy (non-hydrogen) atoms. The number of carboxylic acids is 1. The zero-order chi connectivity index (χ0) is 17.4. The summed E-state index contributed by atoms with van der Waals surface area (Å²) < 4.78 is 5.20. The van der Waals surface area contributed by atoms with Crippen molar-refractivity contribution in [3.05, 3.63) is 33.4 Å². The summed E-state index contributed by atoms with van der Waals surface area (Å²) in [5.74, 6) is -3.27. The third-order valence-electron chi connectivity index (χ3n) is 3.90. The Morgan fingerprint density at radius 2 is 1.75 bits per heavy atom. The number of anilines is 1. The molecule has 0 unspecified atom stereocenters. The Hall–Kier alpha value is -3.01. The molecule has 2 heterocycles. The summed E-state index contributed by atoms with van der Waals surface area (Å²) in [6, 6.07) is 2.30. The topological polar surface area (TPSA) is 133 Å². The maximum absolute atomic E-state index is 12.3. The predicted octanol–water partition coefficient (Wildman–Crippen LogP) is -1.22. The number of aliphatic carboxylic acids is 1. The van der Waals surface area contributed by atoms with E-state index in [0.717, 1.165) is 6.07 Å². The van der Waals surface area contributed by atoms with Crippen LogP contribution in [0.3, 0.4) is 0 Å². The minimum Gasteiger partial charge on any atom is -0.548 e. The van der Waals surface area contributed by atoms with Crippen LogP contribution >= 0.6 is 0 Å². The van der Waals surface area contributed by atoms with Gasteiger partial charge in [0.2, 0.25) is 0 Å². The van der Waals surface area contributed by atoms with Gasteiger partial charge in [0.1, 0.15) is 5.69 Å². The van der Waals surface area contributed by atoms with Crippen molar-refractivity contribution in [3.8, 4) is 0 Å². The van der Waals surface area contributed by atoms with Crippen molar-refractivity contribution in [3.63, 3.8) is 0 Å². The minimum atomic E-state index is -1.59. The Bertz CT molecular complexity index is 755. The number of benzene rings is 1. The van der Waals surface area contributed by atoms with E-state index in [1.807, 2.05) is 0 Å². The zero-order valence-corrected chi connectivity index (χ0v) is 12.4. The van der Waals surface area contributed by atoms with Crippen molar-refractivity contribution >= 4 is 29.2 Å². The number of carbonyl (C=O) groups is 3. The average molecular weight is 334 g/mol. The molecular weight excluding hydrogens is 322 g/mol. The number of ether oxygens (including phenoxy) is 1. The molecule has 126 valence electrons. The molecule has 0 saturated carbocycles. The van der Waals surface area contributed by atoms with Gasteiger partial charge in [-0.3, -0.25) is 24.6 Å². The van der Waals surface area contributed by atoms with Crippen molar-refractivity contribution in [2.45, 2.75) is 0 Å². The highest BCUT2D eigenvalue weighted by molar-refractivity contribution is 6.23. The van der Waals surface area contributed by atoms with Crippen molar-refractivity contribution in [2.24, 2.45) is 0 Å². The van der Waals surface area contributed by atoms with E-state index < -0.39 is 29.3 Å². The lowest BCUT2D eigenvalue weighted by atomic mass is 10.1. The van der Waals surface area contributed by atoms with Crippen LogP contribution in [0.2, 0.25) is 0 Å². The van der Waals surface area contributed by atoms with Gasteiger partial charge in [0.15, 0.2) is 0 Å². The van der Waals surface area contributed by atoms with Crippen LogP contribution in [-0.2, 0) is 9.53 Å². The van der Waals surface area contributed by atoms with E-state index in [0.29, 0.717) is 31.2 Å². The van der Waals surface area contributed by atoms with Gasteiger partial charge in [0, 0.05) is 19.2 Å². The number of carboxylic acid groups (broad SMARTS) is 1. The number of hydrogen-bond acceptors (Lipinski definition) is 8. The van der Waals surface area contributed by atoms with E-state index in [-0.39, 0.29) is 22.5 Å². The summed E-state index contributed by atoms with van der Waals surface area (Å²) in [7, 11) is 0. The highest BCUT2D eigenvalue weighted by atomic mass is 16.6. The molecule has 0 bridgehead atoms. The molecule has 1 fully saturated rings. The molecule has 0 aromatic heterocycles. The fraction of sp³-hybridized carbons (Fsp3) is 0.357. The molecule has 0 spiro atoms. The summed E-state index contributed by atoms with van der Waals surface area (Å²) >= 11 is 0. The van der Waals surface area contributed by atoms with Crippen molar-refractivity contribution in [1.82, 2.24) is 4.90 Å². The monoisotopic (exact) mass is 334 g/mol. The quantitative estimate of drug-likeness (QED) is 0.380. The van der Waals surface area contributed by atoms with Crippen LogP contribution in [0.25, 0.3) is 0 Å². The molecule has 0 aliphatic carbocycles. The third-order valence-corrected chi connectivity index (χ3v) is 3.90. The molecule has 0 radical (unpaired) electrons. The molecule has 2 aliphatic rings. The van der Waals surface area contributed by atoms with Gasteiger partial charge in [-0.1, -0.05) is 0 Å². The minimum absolute atomic E-state index is 0.0478. The van der Waals surface area contributed by atoms with E-state index in [1.54, 1.807) is 4.90 Å². The van der Waals surface area contributed by atoms with Crippen LogP contribution in [0.15, 0.2) is 12.1 Å².